The molecule has 1 aliphatic rings. The number of para-hydroxylation sites is 1. The highest BCUT2D eigenvalue weighted by Crippen LogP contribution is 2.23. The predicted molar refractivity (Wildman–Crippen MR) is 93.9 cm³/mol. The average molecular weight is 320 g/mol. The third-order valence-electron chi connectivity index (χ3n) is 4.49. The molecule has 1 fully saturated rings. The van der Waals surface area contributed by atoms with Crippen LogP contribution in [0.3, 0.4) is 0 Å². The molecule has 0 unspecified atom stereocenters. The van der Waals surface area contributed by atoms with Gasteiger partial charge in [0.1, 0.15) is 12.1 Å². The van der Waals surface area contributed by atoms with Crippen LogP contribution in [0, 0.1) is 0 Å². The first-order valence-corrected chi connectivity index (χ1v) is 8.32. The van der Waals surface area contributed by atoms with Gasteiger partial charge in [-0.2, -0.15) is 0 Å². The van der Waals surface area contributed by atoms with Crippen LogP contribution in [-0.4, -0.2) is 57.6 Å². The van der Waals surface area contributed by atoms with Crippen LogP contribution in [-0.2, 0) is 6.42 Å². The second kappa shape index (κ2) is 6.88. The molecule has 1 aliphatic heterocycles. The standard InChI is InChI=1S/C18H20N6/c1-2-4-17-16(3-1)18(22-14-21-17)24-11-9-23(10-12-24)8-5-15-13-19-6-7-20-15/h1-4,6-7,13-14H,5,8-12H2. The van der Waals surface area contributed by atoms with Crippen molar-refractivity contribution in [2.24, 2.45) is 0 Å². The predicted octanol–water partition coefficient (Wildman–Crippen LogP) is 1.78. The molecule has 3 aromatic rings. The van der Waals surface area contributed by atoms with E-state index in [2.05, 4.69) is 35.8 Å². The summed E-state index contributed by atoms with van der Waals surface area (Å²) in [6, 6.07) is 8.21. The van der Waals surface area contributed by atoms with E-state index in [4.69, 9.17) is 0 Å². The van der Waals surface area contributed by atoms with E-state index in [1.54, 1.807) is 18.7 Å². The zero-order valence-corrected chi connectivity index (χ0v) is 13.5. The van der Waals surface area contributed by atoms with Crippen molar-refractivity contribution >= 4 is 16.7 Å². The second-order valence-electron chi connectivity index (χ2n) is 5.99. The van der Waals surface area contributed by atoms with Gasteiger partial charge in [0.15, 0.2) is 0 Å². The van der Waals surface area contributed by atoms with E-state index < -0.39 is 0 Å². The minimum absolute atomic E-state index is 0.949. The van der Waals surface area contributed by atoms with Crippen molar-refractivity contribution in [3.05, 3.63) is 54.9 Å². The highest BCUT2D eigenvalue weighted by molar-refractivity contribution is 5.89. The van der Waals surface area contributed by atoms with Crippen molar-refractivity contribution in [1.82, 2.24) is 24.8 Å². The fraction of sp³-hybridized carbons (Fsp3) is 0.333. The normalized spacial score (nSPS) is 15.8. The number of anilines is 1. The van der Waals surface area contributed by atoms with Crippen LogP contribution >= 0.6 is 0 Å². The van der Waals surface area contributed by atoms with E-state index in [1.165, 1.54) is 0 Å². The molecule has 0 N–H and O–H groups in total. The molecule has 0 amide bonds. The first kappa shape index (κ1) is 15.0. The lowest BCUT2D eigenvalue weighted by Gasteiger charge is -2.35. The fourth-order valence-corrected chi connectivity index (χ4v) is 3.16. The van der Waals surface area contributed by atoms with Crippen LogP contribution in [0.25, 0.3) is 10.9 Å². The summed E-state index contributed by atoms with van der Waals surface area (Å²) in [5.41, 5.74) is 2.06. The lowest BCUT2D eigenvalue weighted by Crippen LogP contribution is -2.47. The quantitative estimate of drug-likeness (QED) is 0.730. The number of piperazine rings is 1. The maximum absolute atomic E-state index is 4.53. The summed E-state index contributed by atoms with van der Waals surface area (Å²) in [5.74, 6) is 1.05. The largest absolute Gasteiger partial charge is 0.353 e. The number of fused-ring (bicyclic) bond motifs is 1. The molecule has 0 saturated carbocycles. The molecular formula is C18H20N6. The van der Waals surface area contributed by atoms with Gasteiger partial charge in [-0.05, 0) is 12.1 Å². The molecule has 0 spiro atoms. The van der Waals surface area contributed by atoms with Gasteiger partial charge in [-0.25, -0.2) is 9.97 Å². The zero-order chi connectivity index (χ0) is 16.2. The van der Waals surface area contributed by atoms with Crippen molar-refractivity contribution in [2.45, 2.75) is 6.42 Å². The van der Waals surface area contributed by atoms with Crippen molar-refractivity contribution in [3.8, 4) is 0 Å². The number of nitrogens with zero attached hydrogens (tertiary/aromatic N) is 6. The molecule has 1 saturated heterocycles. The average Bonchev–Trinajstić information content (AvgIpc) is 2.67. The Morgan fingerprint density at radius 3 is 2.62 bits per heavy atom. The fourth-order valence-electron chi connectivity index (χ4n) is 3.16. The summed E-state index contributed by atoms with van der Waals surface area (Å²) >= 11 is 0. The van der Waals surface area contributed by atoms with Crippen LogP contribution in [0.4, 0.5) is 5.82 Å². The Bertz CT molecular complexity index is 793. The number of aromatic nitrogens is 4. The zero-order valence-electron chi connectivity index (χ0n) is 13.5. The monoisotopic (exact) mass is 320 g/mol. The summed E-state index contributed by atoms with van der Waals surface area (Å²) in [7, 11) is 0. The van der Waals surface area contributed by atoms with E-state index >= 15 is 0 Å². The molecule has 0 aliphatic carbocycles. The third-order valence-corrected chi connectivity index (χ3v) is 4.49. The van der Waals surface area contributed by atoms with Gasteiger partial charge in [-0.3, -0.25) is 14.9 Å². The van der Waals surface area contributed by atoms with Crippen molar-refractivity contribution in [3.63, 3.8) is 0 Å². The smallest absolute Gasteiger partial charge is 0.139 e. The highest BCUT2D eigenvalue weighted by Gasteiger charge is 2.19. The molecule has 0 radical (unpaired) electrons. The van der Waals surface area contributed by atoms with Gasteiger partial charge < -0.3 is 4.90 Å². The van der Waals surface area contributed by atoms with Gasteiger partial charge in [-0.15, -0.1) is 0 Å². The van der Waals surface area contributed by atoms with E-state index in [1.807, 2.05) is 24.4 Å². The highest BCUT2D eigenvalue weighted by atomic mass is 15.3. The second-order valence-corrected chi connectivity index (χ2v) is 5.99. The summed E-state index contributed by atoms with van der Waals surface area (Å²) in [6.07, 6.45) is 7.94. The number of benzene rings is 1. The Hall–Kier alpha value is -2.60. The Morgan fingerprint density at radius 1 is 0.917 bits per heavy atom. The number of hydrogen-bond acceptors (Lipinski definition) is 6. The lowest BCUT2D eigenvalue weighted by atomic mass is 10.2. The Labute approximate surface area is 141 Å². The molecular weight excluding hydrogens is 300 g/mol. The van der Waals surface area contributed by atoms with Crippen molar-refractivity contribution < 1.29 is 0 Å². The lowest BCUT2D eigenvalue weighted by molar-refractivity contribution is 0.260. The SMILES string of the molecule is c1ccc2c(N3CCN(CCc4cnccn4)CC3)ncnc2c1. The summed E-state index contributed by atoms with van der Waals surface area (Å²) in [5, 5.41) is 1.13. The molecule has 0 atom stereocenters. The molecule has 2 aromatic heterocycles. The molecule has 122 valence electrons. The maximum atomic E-state index is 4.53. The van der Waals surface area contributed by atoms with E-state index in [0.717, 1.165) is 61.6 Å². The molecule has 24 heavy (non-hydrogen) atoms. The van der Waals surface area contributed by atoms with E-state index in [9.17, 15) is 0 Å². The van der Waals surface area contributed by atoms with Crippen LogP contribution in [0.1, 0.15) is 5.69 Å². The van der Waals surface area contributed by atoms with E-state index in [0.29, 0.717) is 0 Å². The van der Waals surface area contributed by atoms with Crippen molar-refractivity contribution in [1.29, 1.82) is 0 Å². The first-order chi connectivity index (χ1) is 11.9. The van der Waals surface area contributed by atoms with E-state index in [-0.39, 0.29) is 0 Å². The molecule has 6 nitrogen and oxygen atoms in total. The molecule has 0 bridgehead atoms. The first-order valence-electron chi connectivity index (χ1n) is 8.32. The van der Waals surface area contributed by atoms with Gasteiger partial charge in [-0.1, -0.05) is 12.1 Å². The van der Waals surface area contributed by atoms with Gasteiger partial charge >= 0.3 is 0 Å². The van der Waals surface area contributed by atoms with Gasteiger partial charge in [0.05, 0.1) is 11.2 Å². The minimum atomic E-state index is 0.949. The number of rotatable bonds is 4. The maximum Gasteiger partial charge on any atom is 0.139 e. The third kappa shape index (κ3) is 3.19. The Morgan fingerprint density at radius 2 is 1.79 bits per heavy atom. The minimum Gasteiger partial charge on any atom is -0.353 e. The van der Waals surface area contributed by atoms with Crippen molar-refractivity contribution in [2.75, 3.05) is 37.6 Å². The van der Waals surface area contributed by atoms with Gasteiger partial charge in [0, 0.05) is 63.1 Å². The Kier molecular flexibility index (Phi) is 4.29. The van der Waals surface area contributed by atoms with Gasteiger partial charge in [0.2, 0.25) is 0 Å². The molecule has 1 aromatic carbocycles. The molecule has 4 rings (SSSR count). The summed E-state index contributed by atoms with van der Waals surface area (Å²) < 4.78 is 0. The van der Waals surface area contributed by atoms with Crippen LogP contribution < -0.4 is 4.90 Å². The van der Waals surface area contributed by atoms with Crippen LogP contribution in [0.2, 0.25) is 0 Å². The Balaban J connectivity index is 1.39. The van der Waals surface area contributed by atoms with Crippen LogP contribution in [0.5, 0.6) is 0 Å². The molecule has 3 heterocycles. The van der Waals surface area contributed by atoms with Crippen LogP contribution in [0.15, 0.2) is 49.2 Å². The number of hydrogen-bond donors (Lipinski definition) is 0. The summed E-state index contributed by atoms with van der Waals surface area (Å²) in [6.45, 7) is 5.08. The van der Waals surface area contributed by atoms with Gasteiger partial charge in [0.25, 0.3) is 0 Å². The summed E-state index contributed by atoms with van der Waals surface area (Å²) in [4.78, 5) is 22.2. The molecule has 6 heteroatoms. The topological polar surface area (TPSA) is 58.0 Å².